The van der Waals surface area contributed by atoms with E-state index in [0.717, 1.165) is 0 Å². The number of hydrogen-bond acceptors (Lipinski definition) is 8. The van der Waals surface area contributed by atoms with Crippen LogP contribution in [0.15, 0.2) is 36.5 Å². The largest absolute Gasteiger partial charge is 0.493 e. The average Bonchev–Trinajstić information content (AvgIpc) is 3.40. The molecule has 1 aliphatic heterocycles. The summed E-state index contributed by atoms with van der Waals surface area (Å²) >= 11 is 4.91. The summed E-state index contributed by atoms with van der Waals surface area (Å²) in [5.41, 5.74) is 1.00. The van der Waals surface area contributed by atoms with Crippen LogP contribution in [0.25, 0.3) is 5.69 Å². The number of benzene rings is 2. The zero-order chi connectivity index (χ0) is 26.5. The van der Waals surface area contributed by atoms with E-state index >= 15 is 8.78 Å². The number of halogens is 2. The van der Waals surface area contributed by atoms with Gasteiger partial charge in [0.05, 0.1) is 39.8 Å². The number of carbonyl (C=O) groups excluding carboxylic acids is 1. The summed E-state index contributed by atoms with van der Waals surface area (Å²) in [6, 6.07) is 7.34. The molecule has 1 aliphatic rings. The highest BCUT2D eigenvalue weighted by Gasteiger charge is 2.27. The van der Waals surface area contributed by atoms with Gasteiger partial charge >= 0.3 is 0 Å². The van der Waals surface area contributed by atoms with Gasteiger partial charge in [-0.05, 0) is 30.4 Å². The van der Waals surface area contributed by atoms with Crippen LogP contribution in [0.4, 0.5) is 14.5 Å². The van der Waals surface area contributed by atoms with Crippen molar-refractivity contribution in [2.45, 2.75) is 6.54 Å². The van der Waals surface area contributed by atoms with E-state index in [1.165, 1.54) is 44.3 Å². The zero-order valence-corrected chi connectivity index (χ0v) is 21.3. The maximum atomic E-state index is 15.1. The van der Waals surface area contributed by atoms with E-state index < -0.39 is 11.6 Å². The van der Waals surface area contributed by atoms with Gasteiger partial charge in [0.1, 0.15) is 11.4 Å². The molecule has 0 aliphatic carbocycles. The van der Waals surface area contributed by atoms with Crippen LogP contribution in [0.3, 0.4) is 0 Å². The molecule has 1 fully saturated rings. The van der Waals surface area contributed by atoms with Crippen molar-refractivity contribution in [3.05, 3.63) is 59.4 Å². The van der Waals surface area contributed by atoms with Crippen LogP contribution in [0.2, 0.25) is 0 Å². The number of amides is 1. The van der Waals surface area contributed by atoms with Crippen molar-refractivity contribution in [1.29, 1.82) is 0 Å². The molecule has 196 valence electrons. The fourth-order valence-electron chi connectivity index (χ4n) is 4.01. The van der Waals surface area contributed by atoms with Gasteiger partial charge in [-0.25, -0.2) is 13.5 Å². The van der Waals surface area contributed by atoms with Gasteiger partial charge in [0.2, 0.25) is 0 Å². The molecular formula is C24H26F2N6O4S. The number of nitrogens with one attached hydrogen (secondary N) is 1. The number of nitrogens with zero attached hydrogens (tertiary/aromatic N) is 5. The Labute approximate surface area is 217 Å². The Balaban J connectivity index is 1.43. The van der Waals surface area contributed by atoms with Crippen molar-refractivity contribution in [1.82, 2.24) is 25.2 Å². The van der Waals surface area contributed by atoms with E-state index in [9.17, 15) is 4.79 Å². The molecule has 2 aromatic carbocycles. The van der Waals surface area contributed by atoms with Crippen molar-refractivity contribution in [2.75, 3.05) is 52.4 Å². The van der Waals surface area contributed by atoms with Gasteiger partial charge in [0.15, 0.2) is 23.1 Å². The Hall–Kier alpha value is -4.00. The molecule has 0 bridgehead atoms. The van der Waals surface area contributed by atoms with Crippen LogP contribution >= 0.6 is 12.2 Å². The molecule has 0 unspecified atom stereocenters. The second kappa shape index (κ2) is 11.4. The molecule has 1 aromatic heterocycles. The average molecular weight is 533 g/mol. The molecule has 3 aromatic rings. The van der Waals surface area contributed by atoms with Crippen LogP contribution < -0.4 is 19.7 Å². The minimum atomic E-state index is -0.731. The SMILES string of the molecule is COC(=S)NCc1cn(-c2cc(F)c(N3CCN(C(=O)c4ccc(OC)c(OC)c4)CC3)c(F)c2)nn1. The number of hydrogen-bond donors (Lipinski definition) is 1. The molecule has 0 radical (unpaired) electrons. The summed E-state index contributed by atoms with van der Waals surface area (Å²) in [6.07, 6.45) is 1.54. The molecule has 1 saturated heterocycles. The Kier molecular flexibility index (Phi) is 8.01. The van der Waals surface area contributed by atoms with E-state index in [2.05, 4.69) is 15.6 Å². The number of rotatable bonds is 7. The third kappa shape index (κ3) is 5.71. The molecule has 0 saturated carbocycles. The van der Waals surface area contributed by atoms with Gasteiger partial charge in [0, 0.05) is 43.9 Å². The number of ether oxygens (including phenoxy) is 3. The second-order valence-corrected chi connectivity index (χ2v) is 8.48. The molecule has 13 heteroatoms. The van der Waals surface area contributed by atoms with Crippen LogP contribution in [0.5, 0.6) is 11.5 Å². The second-order valence-electron chi connectivity index (χ2n) is 8.11. The standard InChI is InChI=1S/C24H26F2N6O4S/c1-34-20-5-4-15(10-21(20)35-2)23(33)31-8-6-30(7-9-31)22-18(25)11-17(12-19(22)26)32-14-16(28-29-32)13-27-24(37)36-3/h4-5,10-12,14H,6-9,13H2,1-3H3,(H,27,37). The van der Waals surface area contributed by atoms with E-state index in [1.54, 1.807) is 28.0 Å². The Morgan fingerprint density at radius 3 is 2.32 bits per heavy atom. The predicted molar refractivity (Wildman–Crippen MR) is 135 cm³/mol. The predicted octanol–water partition coefficient (Wildman–Crippen LogP) is 2.55. The number of methoxy groups -OCH3 is 3. The summed E-state index contributed by atoms with van der Waals surface area (Å²) in [6.45, 7) is 1.39. The van der Waals surface area contributed by atoms with Crippen molar-refractivity contribution < 1.29 is 27.8 Å². The molecule has 0 atom stereocenters. The molecule has 2 heterocycles. The minimum Gasteiger partial charge on any atom is -0.493 e. The van der Waals surface area contributed by atoms with E-state index in [-0.39, 0.29) is 42.1 Å². The first kappa shape index (κ1) is 26.1. The highest BCUT2D eigenvalue weighted by atomic mass is 32.1. The lowest BCUT2D eigenvalue weighted by Gasteiger charge is -2.36. The maximum Gasteiger partial charge on any atom is 0.256 e. The smallest absolute Gasteiger partial charge is 0.256 e. The number of anilines is 1. The first-order valence-corrected chi connectivity index (χ1v) is 11.7. The van der Waals surface area contributed by atoms with Gasteiger partial charge in [-0.1, -0.05) is 5.21 Å². The molecule has 4 rings (SSSR count). The lowest BCUT2D eigenvalue weighted by Crippen LogP contribution is -2.49. The quantitative estimate of drug-likeness (QED) is 0.461. The van der Waals surface area contributed by atoms with Crippen LogP contribution in [0.1, 0.15) is 16.1 Å². The molecule has 0 spiro atoms. The first-order valence-electron chi connectivity index (χ1n) is 11.3. The molecule has 10 nitrogen and oxygen atoms in total. The number of thiocarbonyl (C=S) groups is 1. The highest BCUT2D eigenvalue weighted by Crippen LogP contribution is 2.30. The van der Waals surface area contributed by atoms with Gasteiger partial charge < -0.3 is 29.3 Å². The molecular weight excluding hydrogens is 506 g/mol. The van der Waals surface area contributed by atoms with E-state index in [0.29, 0.717) is 35.8 Å². The van der Waals surface area contributed by atoms with Crippen molar-refractivity contribution in [3.63, 3.8) is 0 Å². The first-order chi connectivity index (χ1) is 17.8. The summed E-state index contributed by atoms with van der Waals surface area (Å²) in [5.74, 6) is -0.687. The lowest BCUT2D eigenvalue weighted by atomic mass is 10.1. The summed E-state index contributed by atoms with van der Waals surface area (Å²) < 4.78 is 46.8. The molecule has 1 N–H and O–H groups in total. The number of piperazine rings is 1. The van der Waals surface area contributed by atoms with Crippen molar-refractivity contribution in [3.8, 4) is 17.2 Å². The minimum absolute atomic E-state index is 0.144. The normalized spacial score (nSPS) is 13.3. The fraction of sp³-hybridized carbons (Fsp3) is 0.333. The highest BCUT2D eigenvalue weighted by molar-refractivity contribution is 7.80. The summed E-state index contributed by atoms with van der Waals surface area (Å²) in [7, 11) is 4.46. The van der Waals surface area contributed by atoms with Gasteiger partial charge in [0.25, 0.3) is 11.1 Å². The van der Waals surface area contributed by atoms with Crippen molar-refractivity contribution >= 4 is 29.0 Å². The Morgan fingerprint density at radius 2 is 1.70 bits per heavy atom. The van der Waals surface area contributed by atoms with E-state index in [1.807, 2.05) is 0 Å². The molecule has 1 amide bonds. The lowest BCUT2D eigenvalue weighted by molar-refractivity contribution is 0.0746. The Bertz CT molecular complexity index is 1270. The maximum absolute atomic E-state index is 15.1. The summed E-state index contributed by atoms with van der Waals surface area (Å²) in [4.78, 5) is 16.2. The van der Waals surface area contributed by atoms with Crippen LogP contribution in [-0.2, 0) is 11.3 Å². The summed E-state index contributed by atoms with van der Waals surface area (Å²) in [5, 5.41) is 10.9. The Morgan fingerprint density at radius 1 is 1.03 bits per heavy atom. The number of carbonyl (C=O) groups is 1. The molecule has 37 heavy (non-hydrogen) atoms. The topological polar surface area (TPSA) is 94.0 Å². The van der Waals surface area contributed by atoms with E-state index in [4.69, 9.17) is 26.4 Å². The van der Waals surface area contributed by atoms with Crippen molar-refractivity contribution in [2.24, 2.45) is 0 Å². The fourth-order valence-corrected chi connectivity index (χ4v) is 4.08. The third-order valence-electron chi connectivity index (χ3n) is 5.92. The van der Waals surface area contributed by atoms with Gasteiger partial charge in [-0.2, -0.15) is 0 Å². The van der Waals surface area contributed by atoms with Gasteiger partial charge in [-0.15, -0.1) is 5.10 Å². The van der Waals surface area contributed by atoms with Crippen LogP contribution in [0, 0.1) is 11.6 Å². The monoisotopic (exact) mass is 532 g/mol. The van der Waals surface area contributed by atoms with Crippen LogP contribution in [-0.4, -0.2) is 78.5 Å². The zero-order valence-electron chi connectivity index (χ0n) is 20.5. The number of aromatic nitrogens is 3. The third-order valence-corrected chi connectivity index (χ3v) is 6.23. The van der Waals surface area contributed by atoms with Gasteiger partial charge in [-0.3, -0.25) is 4.79 Å².